The molecule has 3 nitrogen and oxygen atoms in total. The lowest BCUT2D eigenvalue weighted by molar-refractivity contribution is 0.0711. The van der Waals surface area contributed by atoms with Crippen LogP contribution in [0.4, 0.5) is 0 Å². The van der Waals surface area contributed by atoms with Gasteiger partial charge in [-0.25, -0.2) is 0 Å². The van der Waals surface area contributed by atoms with Crippen LogP contribution in [0.25, 0.3) is 11.3 Å². The van der Waals surface area contributed by atoms with Crippen molar-refractivity contribution in [2.24, 2.45) is 5.92 Å². The van der Waals surface area contributed by atoms with Gasteiger partial charge in [0.25, 0.3) is 0 Å². The summed E-state index contributed by atoms with van der Waals surface area (Å²) in [5.74, 6) is 2.71. The number of hydrogen-bond acceptors (Lipinski definition) is 3. The zero-order chi connectivity index (χ0) is 14.9. The van der Waals surface area contributed by atoms with Gasteiger partial charge in [0, 0.05) is 23.2 Å². The summed E-state index contributed by atoms with van der Waals surface area (Å²) in [5.41, 5.74) is 1.03. The lowest BCUT2D eigenvalue weighted by Crippen LogP contribution is -2.55. The number of hydrogen-bond donors (Lipinski definition) is 1. The van der Waals surface area contributed by atoms with Crippen molar-refractivity contribution in [3.63, 3.8) is 0 Å². The van der Waals surface area contributed by atoms with Crippen molar-refractivity contribution in [3.05, 3.63) is 47.2 Å². The second-order valence-electron chi connectivity index (χ2n) is 6.40. The molecule has 2 aromatic rings. The Hall–Kier alpha value is -1.00. The van der Waals surface area contributed by atoms with Crippen molar-refractivity contribution in [3.8, 4) is 11.3 Å². The van der Waals surface area contributed by atoms with Gasteiger partial charge in [0.15, 0.2) is 0 Å². The molecule has 0 radical (unpaired) electrons. The maximum Gasteiger partial charge on any atom is 0.134 e. The molecule has 5 rings (SSSR count). The minimum absolute atomic E-state index is 0. The second-order valence-corrected chi connectivity index (χ2v) is 6.84. The molecule has 2 bridgehead atoms. The van der Waals surface area contributed by atoms with Crippen molar-refractivity contribution >= 4 is 24.0 Å². The summed E-state index contributed by atoms with van der Waals surface area (Å²) < 4.78 is 5.96. The minimum atomic E-state index is 0. The van der Waals surface area contributed by atoms with Gasteiger partial charge in [-0.3, -0.25) is 0 Å². The Kier molecular flexibility index (Phi) is 5.32. The van der Waals surface area contributed by atoms with E-state index in [4.69, 9.17) is 16.0 Å². The van der Waals surface area contributed by atoms with E-state index in [-0.39, 0.29) is 12.4 Å². The van der Waals surface area contributed by atoms with Gasteiger partial charge in [0.2, 0.25) is 0 Å². The van der Waals surface area contributed by atoms with Gasteiger partial charge in [-0.2, -0.15) is 0 Å². The Balaban J connectivity index is 0.00000156. The number of nitrogens with zero attached hydrogens (tertiary/aromatic N) is 1. The first-order valence-corrected chi connectivity index (χ1v) is 8.46. The standard InChI is InChI=1S/C18H21ClN2O.ClH/c19-15-3-1-2-14(10-15)18-5-4-16(22-18)11-20-17-12-21-8-6-13(17)7-9-21;/h1-5,10,13,17,20H,6-9,11-12H2;1H. The Labute approximate surface area is 148 Å². The fourth-order valence-electron chi connectivity index (χ4n) is 3.70. The molecule has 0 amide bonds. The van der Waals surface area contributed by atoms with Crippen molar-refractivity contribution in [1.82, 2.24) is 10.2 Å². The molecular formula is C18H22Cl2N2O. The van der Waals surface area contributed by atoms with E-state index in [9.17, 15) is 0 Å². The van der Waals surface area contributed by atoms with Crippen LogP contribution in [0.15, 0.2) is 40.8 Å². The van der Waals surface area contributed by atoms with E-state index >= 15 is 0 Å². The van der Waals surface area contributed by atoms with Crippen molar-refractivity contribution in [2.45, 2.75) is 25.4 Å². The molecule has 124 valence electrons. The molecule has 3 fully saturated rings. The molecular weight excluding hydrogens is 331 g/mol. The van der Waals surface area contributed by atoms with Gasteiger partial charge in [0.1, 0.15) is 11.5 Å². The maximum atomic E-state index is 6.04. The Morgan fingerprint density at radius 1 is 1.17 bits per heavy atom. The SMILES string of the molecule is Cl.Clc1cccc(-c2ccc(CNC3CN4CCC3CC4)o2)c1. The Bertz CT molecular complexity index is 650. The molecule has 1 N–H and O–H groups in total. The van der Waals surface area contributed by atoms with Crippen LogP contribution in [0, 0.1) is 5.92 Å². The van der Waals surface area contributed by atoms with Crippen LogP contribution in [0.2, 0.25) is 5.02 Å². The molecule has 1 atom stereocenters. The summed E-state index contributed by atoms with van der Waals surface area (Å²) in [6, 6.07) is 12.5. The van der Waals surface area contributed by atoms with E-state index in [0.717, 1.165) is 34.6 Å². The molecule has 3 saturated heterocycles. The molecule has 0 saturated carbocycles. The van der Waals surface area contributed by atoms with Crippen LogP contribution in [0.5, 0.6) is 0 Å². The summed E-state index contributed by atoms with van der Waals surface area (Å²) in [4.78, 5) is 2.57. The normalized spacial score (nSPS) is 26.0. The highest BCUT2D eigenvalue weighted by atomic mass is 35.5. The summed E-state index contributed by atoms with van der Waals surface area (Å²) in [7, 11) is 0. The Morgan fingerprint density at radius 2 is 2.00 bits per heavy atom. The van der Waals surface area contributed by atoms with Crippen LogP contribution in [0.1, 0.15) is 18.6 Å². The lowest BCUT2D eigenvalue weighted by atomic mass is 9.84. The first kappa shape index (κ1) is 16.8. The first-order chi connectivity index (χ1) is 10.8. The average Bonchev–Trinajstić information content (AvgIpc) is 3.03. The van der Waals surface area contributed by atoms with E-state index in [1.165, 1.54) is 32.5 Å². The third-order valence-corrected chi connectivity index (χ3v) is 5.20. The predicted molar refractivity (Wildman–Crippen MR) is 96.2 cm³/mol. The highest BCUT2D eigenvalue weighted by Gasteiger charge is 2.33. The van der Waals surface area contributed by atoms with Gasteiger partial charge >= 0.3 is 0 Å². The van der Waals surface area contributed by atoms with Crippen molar-refractivity contribution in [1.29, 1.82) is 0 Å². The topological polar surface area (TPSA) is 28.4 Å². The van der Waals surface area contributed by atoms with E-state index in [0.29, 0.717) is 6.04 Å². The monoisotopic (exact) mass is 352 g/mol. The zero-order valence-corrected chi connectivity index (χ0v) is 14.6. The molecule has 0 aliphatic carbocycles. The van der Waals surface area contributed by atoms with Crippen molar-refractivity contribution < 1.29 is 4.42 Å². The fraction of sp³-hybridized carbons (Fsp3) is 0.444. The molecule has 23 heavy (non-hydrogen) atoms. The number of piperidine rings is 3. The summed E-state index contributed by atoms with van der Waals surface area (Å²) in [6.45, 7) is 4.55. The molecule has 1 unspecified atom stereocenters. The van der Waals surface area contributed by atoms with Crippen LogP contribution in [-0.2, 0) is 6.54 Å². The van der Waals surface area contributed by atoms with Gasteiger partial charge in [-0.05, 0) is 56.1 Å². The third kappa shape index (κ3) is 3.74. The zero-order valence-electron chi connectivity index (χ0n) is 13.0. The number of benzene rings is 1. The molecule has 3 aliphatic heterocycles. The van der Waals surface area contributed by atoms with Gasteiger partial charge in [0.05, 0.1) is 6.54 Å². The summed E-state index contributed by atoms with van der Waals surface area (Å²) >= 11 is 6.04. The fourth-order valence-corrected chi connectivity index (χ4v) is 3.89. The summed E-state index contributed by atoms with van der Waals surface area (Å²) in [5, 5.41) is 4.42. The van der Waals surface area contributed by atoms with Gasteiger partial charge in [-0.15, -0.1) is 12.4 Å². The van der Waals surface area contributed by atoms with Crippen LogP contribution in [0.3, 0.4) is 0 Å². The summed E-state index contributed by atoms with van der Waals surface area (Å²) in [6.07, 6.45) is 2.67. The molecule has 3 aliphatic rings. The van der Waals surface area contributed by atoms with Crippen LogP contribution >= 0.6 is 24.0 Å². The van der Waals surface area contributed by atoms with E-state index < -0.39 is 0 Å². The molecule has 0 spiro atoms. The third-order valence-electron chi connectivity index (χ3n) is 4.97. The second kappa shape index (κ2) is 7.27. The average molecular weight is 353 g/mol. The maximum absolute atomic E-state index is 6.04. The van der Waals surface area contributed by atoms with Gasteiger partial charge in [-0.1, -0.05) is 23.7 Å². The predicted octanol–water partition coefficient (Wildman–Crippen LogP) is 4.21. The number of fused-ring (bicyclic) bond motifs is 3. The largest absolute Gasteiger partial charge is 0.460 e. The van der Waals surface area contributed by atoms with E-state index in [1.54, 1.807) is 0 Å². The Morgan fingerprint density at radius 3 is 2.70 bits per heavy atom. The van der Waals surface area contributed by atoms with Crippen molar-refractivity contribution in [2.75, 3.05) is 19.6 Å². The molecule has 1 aromatic carbocycles. The number of rotatable bonds is 4. The van der Waals surface area contributed by atoms with Gasteiger partial charge < -0.3 is 14.6 Å². The number of halogens is 2. The highest BCUT2D eigenvalue weighted by molar-refractivity contribution is 6.30. The van der Waals surface area contributed by atoms with E-state index in [1.807, 2.05) is 30.3 Å². The quantitative estimate of drug-likeness (QED) is 0.893. The molecule has 4 heterocycles. The lowest BCUT2D eigenvalue weighted by Gasteiger charge is -2.45. The number of furan rings is 1. The molecule has 1 aromatic heterocycles. The number of nitrogens with one attached hydrogen (secondary N) is 1. The minimum Gasteiger partial charge on any atom is -0.460 e. The molecule has 5 heteroatoms. The first-order valence-electron chi connectivity index (χ1n) is 8.08. The smallest absolute Gasteiger partial charge is 0.134 e. The van der Waals surface area contributed by atoms with Crippen LogP contribution < -0.4 is 5.32 Å². The van der Waals surface area contributed by atoms with E-state index in [2.05, 4.69) is 16.3 Å². The highest BCUT2D eigenvalue weighted by Crippen LogP contribution is 2.28. The van der Waals surface area contributed by atoms with Crippen LogP contribution in [-0.4, -0.2) is 30.6 Å².